The summed E-state index contributed by atoms with van der Waals surface area (Å²) in [6.45, 7) is 1.26. The largest absolute Gasteiger partial charge is 0.316 e. The molecule has 0 aromatic heterocycles. The summed E-state index contributed by atoms with van der Waals surface area (Å²) in [5.41, 5.74) is 0. The van der Waals surface area contributed by atoms with Crippen molar-refractivity contribution >= 4 is 0 Å². The number of halogens is 2. The third kappa shape index (κ3) is 1.15. The van der Waals surface area contributed by atoms with E-state index in [1.54, 1.807) is 0 Å². The Balaban J connectivity index is 2.24. The quantitative estimate of drug-likeness (QED) is 0.542. The second-order valence-electron chi connectivity index (χ2n) is 2.09. The van der Waals surface area contributed by atoms with Crippen molar-refractivity contribution in [2.24, 2.45) is 5.92 Å². The fraction of sp³-hybridized carbons (Fsp3) is 1.00. The zero-order valence-electron chi connectivity index (χ0n) is 4.53. The fourth-order valence-electron chi connectivity index (χ4n) is 0.892. The Morgan fingerprint density at radius 1 is 1.50 bits per heavy atom. The molecule has 1 N–H and O–H groups in total. The summed E-state index contributed by atoms with van der Waals surface area (Å²) in [7, 11) is 0. The minimum absolute atomic E-state index is 0.380. The first-order valence-electron chi connectivity index (χ1n) is 2.79. The van der Waals surface area contributed by atoms with Crippen LogP contribution in [0.15, 0.2) is 0 Å². The monoisotopic (exact) mass is 121 g/mol. The molecule has 1 heterocycles. The summed E-state index contributed by atoms with van der Waals surface area (Å²) in [4.78, 5) is 0. The van der Waals surface area contributed by atoms with Gasteiger partial charge in [-0.25, -0.2) is 8.78 Å². The van der Waals surface area contributed by atoms with Gasteiger partial charge in [0.15, 0.2) is 0 Å². The highest BCUT2D eigenvalue weighted by Crippen LogP contribution is 2.15. The normalized spacial score (nSPS) is 29.6. The molecule has 0 saturated carbocycles. The maximum absolute atomic E-state index is 11.7. The van der Waals surface area contributed by atoms with Crippen molar-refractivity contribution in [3.05, 3.63) is 0 Å². The van der Waals surface area contributed by atoms with Crippen LogP contribution >= 0.6 is 0 Å². The van der Waals surface area contributed by atoms with E-state index < -0.39 is 6.43 Å². The van der Waals surface area contributed by atoms with Gasteiger partial charge in [-0.05, 0) is 13.0 Å². The summed E-state index contributed by atoms with van der Waals surface area (Å²) in [5.74, 6) is -0.380. The van der Waals surface area contributed by atoms with E-state index >= 15 is 0 Å². The van der Waals surface area contributed by atoms with E-state index in [0.29, 0.717) is 13.0 Å². The SMILES string of the molecule is FC(F)[C@H]1CCNC1. The minimum atomic E-state index is -2.12. The Morgan fingerprint density at radius 2 is 2.25 bits per heavy atom. The topological polar surface area (TPSA) is 12.0 Å². The first-order chi connectivity index (χ1) is 3.80. The van der Waals surface area contributed by atoms with Crippen molar-refractivity contribution in [1.29, 1.82) is 0 Å². The lowest BCUT2D eigenvalue weighted by Gasteiger charge is -2.03. The van der Waals surface area contributed by atoms with E-state index in [1.807, 2.05) is 0 Å². The number of hydrogen-bond acceptors (Lipinski definition) is 1. The van der Waals surface area contributed by atoms with Crippen LogP contribution in [0.1, 0.15) is 6.42 Å². The predicted molar refractivity (Wildman–Crippen MR) is 27.0 cm³/mol. The van der Waals surface area contributed by atoms with Gasteiger partial charge in [0.2, 0.25) is 6.43 Å². The molecule has 48 valence electrons. The van der Waals surface area contributed by atoms with Gasteiger partial charge < -0.3 is 5.32 Å². The van der Waals surface area contributed by atoms with Crippen LogP contribution < -0.4 is 5.32 Å². The Morgan fingerprint density at radius 3 is 2.50 bits per heavy atom. The van der Waals surface area contributed by atoms with E-state index in [9.17, 15) is 8.78 Å². The minimum Gasteiger partial charge on any atom is -0.316 e. The molecule has 3 heteroatoms. The van der Waals surface area contributed by atoms with Crippen LogP contribution in [0.3, 0.4) is 0 Å². The van der Waals surface area contributed by atoms with Gasteiger partial charge in [-0.1, -0.05) is 0 Å². The first-order valence-corrected chi connectivity index (χ1v) is 2.79. The molecule has 0 aliphatic carbocycles. The molecule has 1 aliphatic rings. The molecule has 1 aliphatic heterocycles. The fourth-order valence-corrected chi connectivity index (χ4v) is 0.892. The van der Waals surface area contributed by atoms with E-state index in [-0.39, 0.29) is 5.92 Å². The zero-order chi connectivity index (χ0) is 5.98. The van der Waals surface area contributed by atoms with Gasteiger partial charge in [0, 0.05) is 12.5 Å². The predicted octanol–water partition coefficient (Wildman–Crippen LogP) is 0.861. The summed E-state index contributed by atoms with van der Waals surface area (Å²) >= 11 is 0. The van der Waals surface area contributed by atoms with Crippen molar-refractivity contribution in [1.82, 2.24) is 5.32 Å². The van der Waals surface area contributed by atoms with E-state index in [0.717, 1.165) is 6.54 Å². The third-order valence-corrected chi connectivity index (χ3v) is 1.45. The van der Waals surface area contributed by atoms with Crippen molar-refractivity contribution in [3.63, 3.8) is 0 Å². The van der Waals surface area contributed by atoms with Crippen LogP contribution in [0, 0.1) is 5.92 Å². The summed E-state index contributed by atoms with van der Waals surface area (Å²) in [6, 6.07) is 0. The van der Waals surface area contributed by atoms with Crippen molar-refractivity contribution in [2.75, 3.05) is 13.1 Å². The standard InChI is InChI=1S/C5H9F2N/c6-5(7)4-1-2-8-3-4/h4-5,8H,1-3H2/t4-/m0/s1. The lowest BCUT2D eigenvalue weighted by molar-refractivity contribution is 0.0872. The van der Waals surface area contributed by atoms with Crippen LogP contribution in [0.5, 0.6) is 0 Å². The van der Waals surface area contributed by atoms with Crippen molar-refractivity contribution < 1.29 is 8.78 Å². The average molecular weight is 121 g/mol. The first kappa shape index (κ1) is 5.95. The molecule has 1 atom stereocenters. The molecule has 0 bridgehead atoms. The lowest BCUT2D eigenvalue weighted by atomic mass is 10.1. The maximum Gasteiger partial charge on any atom is 0.242 e. The average Bonchev–Trinajstić information content (AvgIpc) is 2.12. The number of hydrogen-bond donors (Lipinski definition) is 1. The third-order valence-electron chi connectivity index (χ3n) is 1.45. The molecular formula is C5H9F2N. The highest BCUT2D eigenvalue weighted by Gasteiger charge is 2.23. The molecule has 1 nitrogen and oxygen atoms in total. The van der Waals surface area contributed by atoms with Gasteiger partial charge in [0.25, 0.3) is 0 Å². The molecule has 1 saturated heterocycles. The molecule has 0 aromatic rings. The molecule has 0 aromatic carbocycles. The lowest BCUT2D eigenvalue weighted by Crippen LogP contribution is -2.14. The smallest absolute Gasteiger partial charge is 0.242 e. The number of alkyl halides is 2. The van der Waals surface area contributed by atoms with E-state index in [2.05, 4.69) is 5.32 Å². The van der Waals surface area contributed by atoms with Crippen molar-refractivity contribution in [2.45, 2.75) is 12.8 Å². The van der Waals surface area contributed by atoms with Crippen LogP contribution in [0.4, 0.5) is 8.78 Å². The number of rotatable bonds is 1. The van der Waals surface area contributed by atoms with E-state index in [1.165, 1.54) is 0 Å². The van der Waals surface area contributed by atoms with Crippen molar-refractivity contribution in [3.8, 4) is 0 Å². The molecule has 0 spiro atoms. The van der Waals surface area contributed by atoms with E-state index in [4.69, 9.17) is 0 Å². The molecule has 8 heavy (non-hydrogen) atoms. The van der Waals surface area contributed by atoms with Gasteiger partial charge in [0.1, 0.15) is 0 Å². The summed E-state index contributed by atoms with van der Waals surface area (Å²) in [6.07, 6.45) is -1.48. The van der Waals surface area contributed by atoms with Gasteiger partial charge in [0.05, 0.1) is 0 Å². The molecule has 1 fully saturated rings. The highest BCUT2D eigenvalue weighted by atomic mass is 19.3. The second-order valence-corrected chi connectivity index (χ2v) is 2.09. The van der Waals surface area contributed by atoms with Gasteiger partial charge in [-0.2, -0.15) is 0 Å². The van der Waals surface area contributed by atoms with Gasteiger partial charge >= 0.3 is 0 Å². The summed E-state index contributed by atoms with van der Waals surface area (Å²) < 4.78 is 23.4. The van der Waals surface area contributed by atoms with Crippen LogP contribution in [-0.2, 0) is 0 Å². The Labute approximate surface area is 47.1 Å². The van der Waals surface area contributed by atoms with Crippen LogP contribution in [-0.4, -0.2) is 19.5 Å². The Kier molecular flexibility index (Phi) is 1.78. The van der Waals surface area contributed by atoms with Crippen LogP contribution in [0.2, 0.25) is 0 Å². The molecule has 0 radical (unpaired) electrons. The zero-order valence-corrected chi connectivity index (χ0v) is 4.53. The highest BCUT2D eigenvalue weighted by molar-refractivity contribution is 4.72. The molecular weight excluding hydrogens is 112 g/mol. The number of nitrogens with one attached hydrogen (secondary N) is 1. The maximum atomic E-state index is 11.7. The van der Waals surface area contributed by atoms with Crippen LogP contribution in [0.25, 0.3) is 0 Å². The Bertz CT molecular complexity index is 68.8. The second kappa shape index (κ2) is 2.40. The molecule has 0 unspecified atom stereocenters. The van der Waals surface area contributed by atoms with Gasteiger partial charge in [-0.3, -0.25) is 0 Å². The molecule has 0 amide bonds. The van der Waals surface area contributed by atoms with Gasteiger partial charge in [-0.15, -0.1) is 0 Å². The Hall–Kier alpha value is -0.180. The molecule has 1 rings (SSSR count). The summed E-state index contributed by atoms with van der Waals surface area (Å²) in [5, 5.41) is 2.87.